The molecule has 0 spiro atoms. The van der Waals surface area contributed by atoms with Gasteiger partial charge in [0.25, 0.3) is 5.91 Å². The molecule has 0 aromatic heterocycles. The fourth-order valence-electron chi connectivity index (χ4n) is 4.94. The van der Waals surface area contributed by atoms with E-state index in [0.29, 0.717) is 36.8 Å². The van der Waals surface area contributed by atoms with Crippen LogP contribution in [0.1, 0.15) is 32.6 Å². The maximum absolute atomic E-state index is 16.9. The number of amides is 1. The molecule has 0 saturated carbocycles. The molecule has 1 atom stereocenters. The Morgan fingerprint density at radius 1 is 1.02 bits per heavy atom. The second-order valence-corrected chi connectivity index (χ2v) is 10.0. The van der Waals surface area contributed by atoms with Crippen molar-refractivity contribution in [2.75, 3.05) is 45.0 Å². The minimum atomic E-state index is -4.77. The molecule has 2 aliphatic heterocycles. The number of halogens is 5. The van der Waals surface area contributed by atoms with E-state index in [4.69, 9.17) is 25.8 Å². The van der Waals surface area contributed by atoms with Gasteiger partial charge in [0, 0.05) is 35.8 Å². The molecule has 12 heteroatoms. The third kappa shape index (κ3) is 5.61. The maximum Gasteiger partial charge on any atom is 0.416 e. The number of fused-ring (bicyclic) bond motifs is 1. The number of carbonyl (C=O) groups is 2. The zero-order chi connectivity index (χ0) is 29.4. The number of carbonyl (C=O) groups excluding carboxylic acids is 2. The predicted molar refractivity (Wildman–Crippen MR) is 142 cm³/mol. The minimum absolute atomic E-state index is 0.0351. The largest absolute Gasteiger partial charge is 0.496 e. The minimum Gasteiger partial charge on any atom is -0.496 e. The lowest BCUT2D eigenvalue weighted by Crippen LogP contribution is -2.40. The van der Waals surface area contributed by atoms with Crippen molar-refractivity contribution in [3.05, 3.63) is 93.5 Å². The summed E-state index contributed by atoms with van der Waals surface area (Å²) in [6.45, 7) is 2.74. The van der Waals surface area contributed by atoms with Gasteiger partial charge < -0.3 is 14.2 Å². The Kier molecular flexibility index (Phi) is 7.95. The Morgan fingerprint density at radius 2 is 1.73 bits per heavy atom. The van der Waals surface area contributed by atoms with E-state index in [0.717, 1.165) is 24.7 Å². The van der Waals surface area contributed by atoms with Gasteiger partial charge in [-0.05, 0) is 48.0 Å². The molecular weight excluding hydrogens is 568 g/mol. The molecule has 5 rings (SSSR count). The molecule has 1 unspecified atom stereocenters. The topological polar surface area (TPSA) is 68.3 Å². The molecule has 0 N–H and O–H groups in total. The number of nitrogens with zero attached hydrogens (tertiary/aromatic N) is 2. The number of hydrogen-bond acceptors (Lipinski definition) is 6. The van der Waals surface area contributed by atoms with Gasteiger partial charge in [0.05, 0.1) is 37.1 Å². The van der Waals surface area contributed by atoms with E-state index in [9.17, 15) is 22.8 Å². The Bertz CT molecular complexity index is 1460. The summed E-state index contributed by atoms with van der Waals surface area (Å²) in [5, 5.41) is 0.0843. The molecule has 2 aliphatic rings. The molecule has 1 amide bonds. The van der Waals surface area contributed by atoms with Crippen molar-refractivity contribution in [1.29, 1.82) is 0 Å². The van der Waals surface area contributed by atoms with Crippen molar-refractivity contribution in [3.8, 4) is 5.75 Å². The highest BCUT2D eigenvalue weighted by atomic mass is 35.5. The van der Waals surface area contributed by atoms with Gasteiger partial charge in [-0.25, -0.2) is 9.18 Å². The fraction of sp³-hybridized carbons (Fsp3) is 0.310. The summed E-state index contributed by atoms with van der Waals surface area (Å²) in [5.74, 6) is -2.12. The first-order valence-corrected chi connectivity index (χ1v) is 13.0. The van der Waals surface area contributed by atoms with E-state index in [1.165, 1.54) is 25.3 Å². The van der Waals surface area contributed by atoms with Crippen molar-refractivity contribution >= 4 is 29.2 Å². The highest BCUT2D eigenvalue weighted by Gasteiger charge is 2.55. The highest BCUT2D eigenvalue weighted by molar-refractivity contribution is 6.30. The molecular formula is C29H25ClF4N2O5. The first-order valence-electron chi connectivity index (χ1n) is 12.6. The summed E-state index contributed by atoms with van der Waals surface area (Å²) < 4.78 is 73.4. The molecule has 0 bridgehead atoms. The van der Waals surface area contributed by atoms with Crippen LogP contribution >= 0.6 is 11.6 Å². The quantitative estimate of drug-likeness (QED) is 0.264. The number of ether oxygens (including phenoxy) is 3. The summed E-state index contributed by atoms with van der Waals surface area (Å²) in [6, 6.07) is 12.8. The second-order valence-electron chi connectivity index (χ2n) is 9.61. The van der Waals surface area contributed by atoms with Crippen molar-refractivity contribution in [2.45, 2.75) is 18.4 Å². The first-order chi connectivity index (χ1) is 19.5. The third-order valence-corrected chi connectivity index (χ3v) is 7.32. The first kappa shape index (κ1) is 28.8. The van der Waals surface area contributed by atoms with Gasteiger partial charge in [-0.1, -0.05) is 29.8 Å². The maximum atomic E-state index is 16.9. The summed E-state index contributed by atoms with van der Waals surface area (Å²) in [5.41, 5.74) is -3.97. The van der Waals surface area contributed by atoms with Crippen molar-refractivity contribution < 1.29 is 41.4 Å². The molecule has 216 valence electrons. The van der Waals surface area contributed by atoms with E-state index in [-0.39, 0.29) is 33.1 Å². The van der Waals surface area contributed by atoms with Crippen LogP contribution < -0.4 is 9.64 Å². The molecule has 0 radical (unpaired) electrons. The highest BCUT2D eigenvalue weighted by Crippen LogP contribution is 2.51. The standard InChI is InChI=1S/C29H25ClF4N2O5/c1-39-25-9-7-21(30)15-23(25)28(31)22-8-6-20(29(32,33)34)14-24(22)36(27(28)38)17-41-26(37)19-4-2-18(3-5-19)16-35-10-12-40-13-11-35/h2-9,14-15H,10-13,16-17H2,1H3. The monoisotopic (exact) mass is 592 g/mol. The Morgan fingerprint density at radius 3 is 2.39 bits per heavy atom. The van der Waals surface area contributed by atoms with E-state index in [1.807, 2.05) is 0 Å². The van der Waals surface area contributed by atoms with Gasteiger partial charge in [0.15, 0.2) is 6.73 Å². The van der Waals surface area contributed by atoms with E-state index in [2.05, 4.69) is 4.90 Å². The van der Waals surface area contributed by atoms with E-state index < -0.39 is 36.0 Å². The van der Waals surface area contributed by atoms with Crippen LogP contribution in [0.15, 0.2) is 60.7 Å². The average molecular weight is 593 g/mol. The molecule has 0 aliphatic carbocycles. The van der Waals surface area contributed by atoms with Crippen LogP contribution in [0.2, 0.25) is 5.02 Å². The third-order valence-electron chi connectivity index (χ3n) is 7.08. The number of methoxy groups -OCH3 is 1. The SMILES string of the molecule is COc1ccc(Cl)cc1C1(F)C(=O)N(COC(=O)c2ccc(CN3CCOCC3)cc2)c2cc(C(F)(F)F)ccc21. The smallest absolute Gasteiger partial charge is 0.416 e. The summed E-state index contributed by atoms with van der Waals surface area (Å²) >= 11 is 6.07. The van der Waals surface area contributed by atoms with Crippen LogP contribution in [0.25, 0.3) is 0 Å². The molecule has 1 fully saturated rings. The fourth-order valence-corrected chi connectivity index (χ4v) is 5.11. The number of morpholine rings is 1. The van der Waals surface area contributed by atoms with Crippen LogP contribution in [0.3, 0.4) is 0 Å². The van der Waals surface area contributed by atoms with E-state index in [1.54, 1.807) is 24.3 Å². The molecule has 41 heavy (non-hydrogen) atoms. The normalized spacial score (nSPS) is 19.3. The number of hydrogen-bond donors (Lipinski definition) is 0. The molecule has 7 nitrogen and oxygen atoms in total. The lowest BCUT2D eigenvalue weighted by atomic mass is 9.88. The van der Waals surface area contributed by atoms with Crippen molar-refractivity contribution in [1.82, 2.24) is 4.90 Å². The van der Waals surface area contributed by atoms with Crippen molar-refractivity contribution in [2.24, 2.45) is 0 Å². The molecule has 3 aromatic carbocycles. The van der Waals surface area contributed by atoms with Crippen molar-refractivity contribution in [3.63, 3.8) is 0 Å². The molecule has 1 saturated heterocycles. The summed E-state index contributed by atoms with van der Waals surface area (Å²) in [7, 11) is 1.26. The number of benzene rings is 3. The van der Waals surface area contributed by atoms with Crippen LogP contribution in [-0.2, 0) is 32.7 Å². The van der Waals surface area contributed by atoms with Gasteiger partial charge in [-0.15, -0.1) is 0 Å². The average Bonchev–Trinajstić information content (AvgIpc) is 3.18. The zero-order valence-corrected chi connectivity index (χ0v) is 22.6. The Balaban J connectivity index is 1.41. The van der Waals surface area contributed by atoms with Crippen LogP contribution in [0.5, 0.6) is 5.75 Å². The van der Waals surface area contributed by atoms with Crippen LogP contribution in [0.4, 0.5) is 23.2 Å². The Labute approximate surface area is 238 Å². The van der Waals surface area contributed by atoms with Gasteiger partial charge in [-0.2, -0.15) is 13.2 Å². The number of anilines is 1. The van der Waals surface area contributed by atoms with Crippen LogP contribution in [-0.4, -0.2) is 56.9 Å². The second kappa shape index (κ2) is 11.3. The lowest BCUT2D eigenvalue weighted by Gasteiger charge is -2.26. The summed E-state index contributed by atoms with van der Waals surface area (Å²) in [4.78, 5) is 29.3. The number of alkyl halides is 4. The predicted octanol–water partition coefficient (Wildman–Crippen LogP) is 5.57. The Hall–Kier alpha value is -3.67. The van der Waals surface area contributed by atoms with Crippen LogP contribution in [0, 0.1) is 0 Å². The molecule has 3 aromatic rings. The van der Waals surface area contributed by atoms with Gasteiger partial charge >= 0.3 is 12.1 Å². The van der Waals surface area contributed by atoms with Gasteiger partial charge in [-0.3, -0.25) is 14.6 Å². The summed E-state index contributed by atoms with van der Waals surface area (Å²) in [6.07, 6.45) is -4.77. The van der Waals surface area contributed by atoms with Gasteiger partial charge in [0.2, 0.25) is 5.67 Å². The molecule has 2 heterocycles. The zero-order valence-electron chi connectivity index (χ0n) is 21.8. The number of esters is 1. The van der Waals surface area contributed by atoms with E-state index >= 15 is 4.39 Å². The number of rotatable bonds is 7. The van der Waals surface area contributed by atoms with Gasteiger partial charge in [0.1, 0.15) is 5.75 Å². The lowest BCUT2D eigenvalue weighted by molar-refractivity contribution is -0.137.